The lowest BCUT2D eigenvalue weighted by Gasteiger charge is -2.22. The summed E-state index contributed by atoms with van der Waals surface area (Å²) in [4.78, 5) is 13.0. The van der Waals surface area contributed by atoms with Gasteiger partial charge in [0, 0.05) is 18.5 Å². The zero-order valence-electron chi connectivity index (χ0n) is 11.2. The first kappa shape index (κ1) is 16.6. The summed E-state index contributed by atoms with van der Waals surface area (Å²) in [6.45, 7) is 1.04. The van der Waals surface area contributed by atoms with E-state index in [2.05, 4.69) is 0 Å². The molecule has 1 rings (SSSR count). The van der Waals surface area contributed by atoms with Crippen LogP contribution >= 0.6 is 0 Å². The molecule has 0 unspecified atom stereocenters. The summed E-state index contributed by atoms with van der Waals surface area (Å²) in [7, 11) is 0. The maximum absolute atomic E-state index is 13.0. The Hall–Kier alpha value is -1.43. The van der Waals surface area contributed by atoms with Gasteiger partial charge in [-0.25, -0.2) is 4.39 Å². The summed E-state index contributed by atoms with van der Waals surface area (Å²) in [6.07, 6.45) is -3.76. The molecular weight excluding hydrogens is 274 g/mol. The lowest BCUT2D eigenvalue weighted by Crippen LogP contribution is -2.36. The van der Waals surface area contributed by atoms with Gasteiger partial charge in [-0.3, -0.25) is 9.69 Å². The van der Waals surface area contributed by atoms with Gasteiger partial charge in [0.25, 0.3) is 0 Å². The molecule has 0 aliphatic carbocycles. The quantitative estimate of drug-likeness (QED) is 0.564. The number of carbonyl (C=O) groups is 1. The van der Waals surface area contributed by atoms with Gasteiger partial charge in [-0.15, -0.1) is 0 Å². The van der Waals surface area contributed by atoms with Crippen molar-refractivity contribution < 1.29 is 22.4 Å². The third-order valence-electron chi connectivity index (χ3n) is 2.74. The molecule has 1 aromatic carbocycles. The molecule has 0 amide bonds. The van der Waals surface area contributed by atoms with Gasteiger partial charge in [0.15, 0.2) is 5.78 Å². The standard InChI is InChI=1S/C14H17F4NO/c1-2-7-19(10-14(16,17)18)8-6-13(20)11-4-3-5-12(15)9-11/h3-5,9H,2,6-8,10H2,1H3. The Morgan fingerprint density at radius 2 is 1.95 bits per heavy atom. The zero-order valence-corrected chi connectivity index (χ0v) is 11.2. The van der Waals surface area contributed by atoms with Crippen LogP contribution in [-0.2, 0) is 0 Å². The molecule has 2 nitrogen and oxygen atoms in total. The van der Waals surface area contributed by atoms with Gasteiger partial charge in [0.05, 0.1) is 6.54 Å². The smallest absolute Gasteiger partial charge is 0.295 e. The fourth-order valence-corrected chi connectivity index (χ4v) is 1.91. The number of hydrogen-bond donors (Lipinski definition) is 0. The highest BCUT2D eigenvalue weighted by atomic mass is 19.4. The first-order chi connectivity index (χ1) is 9.31. The number of Topliss-reactive ketones (excluding diaryl/α,β-unsaturated/α-hetero) is 1. The Morgan fingerprint density at radius 1 is 1.25 bits per heavy atom. The monoisotopic (exact) mass is 291 g/mol. The second-order valence-corrected chi connectivity index (χ2v) is 4.57. The minimum absolute atomic E-state index is 0.0166. The van der Waals surface area contributed by atoms with E-state index in [1.54, 1.807) is 6.92 Å². The molecule has 0 N–H and O–H groups in total. The number of halogens is 4. The van der Waals surface area contributed by atoms with E-state index in [1.165, 1.54) is 23.1 Å². The average molecular weight is 291 g/mol. The van der Waals surface area contributed by atoms with Crippen LogP contribution in [0.3, 0.4) is 0 Å². The van der Waals surface area contributed by atoms with Crippen molar-refractivity contribution in [2.24, 2.45) is 0 Å². The molecule has 112 valence electrons. The second kappa shape index (κ2) is 7.38. The number of benzene rings is 1. The van der Waals surface area contributed by atoms with Crippen molar-refractivity contribution in [3.05, 3.63) is 35.6 Å². The van der Waals surface area contributed by atoms with E-state index in [9.17, 15) is 22.4 Å². The van der Waals surface area contributed by atoms with Crippen LogP contribution in [0.2, 0.25) is 0 Å². The van der Waals surface area contributed by atoms with Gasteiger partial charge in [0.1, 0.15) is 5.82 Å². The number of alkyl halides is 3. The molecule has 0 radical (unpaired) electrons. The number of ketones is 1. The molecular formula is C14H17F4NO. The molecule has 0 aromatic heterocycles. The van der Waals surface area contributed by atoms with Crippen LogP contribution in [-0.4, -0.2) is 36.5 Å². The molecule has 0 saturated carbocycles. The average Bonchev–Trinajstić information content (AvgIpc) is 2.34. The van der Waals surface area contributed by atoms with Crippen LogP contribution in [0.4, 0.5) is 17.6 Å². The zero-order chi connectivity index (χ0) is 15.2. The Bertz CT molecular complexity index is 445. The van der Waals surface area contributed by atoms with Gasteiger partial charge >= 0.3 is 6.18 Å². The Labute approximate surface area is 115 Å². The van der Waals surface area contributed by atoms with Crippen LogP contribution in [0.25, 0.3) is 0 Å². The molecule has 0 aliphatic rings. The fourth-order valence-electron chi connectivity index (χ4n) is 1.91. The summed E-state index contributed by atoms with van der Waals surface area (Å²) < 4.78 is 50.0. The third kappa shape index (κ3) is 6.14. The maximum atomic E-state index is 13.0. The Kier molecular flexibility index (Phi) is 6.13. The summed E-state index contributed by atoms with van der Waals surface area (Å²) in [5, 5.41) is 0. The number of hydrogen-bond acceptors (Lipinski definition) is 2. The minimum Gasteiger partial charge on any atom is -0.295 e. The van der Waals surface area contributed by atoms with E-state index in [0.29, 0.717) is 6.42 Å². The summed E-state index contributed by atoms with van der Waals surface area (Å²) in [5.41, 5.74) is 0.188. The van der Waals surface area contributed by atoms with Gasteiger partial charge < -0.3 is 0 Å². The van der Waals surface area contributed by atoms with Crippen LogP contribution in [0.1, 0.15) is 30.1 Å². The fraction of sp³-hybridized carbons (Fsp3) is 0.500. The first-order valence-corrected chi connectivity index (χ1v) is 6.39. The predicted molar refractivity (Wildman–Crippen MR) is 68.1 cm³/mol. The van der Waals surface area contributed by atoms with Crippen LogP contribution in [0, 0.1) is 5.82 Å². The first-order valence-electron chi connectivity index (χ1n) is 6.39. The Balaban J connectivity index is 2.56. The summed E-state index contributed by atoms with van der Waals surface area (Å²) >= 11 is 0. The summed E-state index contributed by atoms with van der Waals surface area (Å²) in [6, 6.07) is 5.17. The molecule has 0 saturated heterocycles. The number of rotatable bonds is 7. The third-order valence-corrected chi connectivity index (χ3v) is 2.74. The van der Waals surface area contributed by atoms with E-state index in [0.717, 1.165) is 6.07 Å². The largest absolute Gasteiger partial charge is 0.401 e. The van der Waals surface area contributed by atoms with Gasteiger partial charge in [-0.2, -0.15) is 13.2 Å². The SMILES string of the molecule is CCCN(CCC(=O)c1cccc(F)c1)CC(F)(F)F. The van der Waals surface area contributed by atoms with Crippen LogP contribution in [0.5, 0.6) is 0 Å². The van der Waals surface area contributed by atoms with Gasteiger partial charge in [0.2, 0.25) is 0 Å². The minimum atomic E-state index is -4.28. The normalized spacial score (nSPS) is 11.9. The molecule has 0 heterocycles. The number of nitrogens with zero attached hydrogens (tertiary/aromatic N) is 1. The molecule has 0 aliphatic heterocycles. The highest BCUT2D eigenvalue weighted by Gasteiger charge is 2.30. The van der Waals surface area contributed by atoms with Crippen molar-refractivity contribution in [3.63, 3.8) is 0 Å². The van der Waals surface area contributed by atoms with Crippen molar-refractivity contribution in [2.45, 2.75) is 25.9 Å². The van der Waals surface area contributed by atoms with Crippen molar-refractivity contribution in [1.82, 2.24) is 4.90 Å². The molecule has 0 bridgehead atoms. The van der Waals surface area contributed by atoms with E-state index in [-0.39, 0.29) is 30.9 Å². The van der Waals surface area contributed by atoms with E-state index in [1.807, 2.05) is 0 Å². The molecule has 0 atom stereocenters. The highest BCUT2D eigenvalue weighted by molar-refractivity contribution is 5.96. The second-order valence-electron chi connectivity index (χ2n) is 4.57. The maximum Gasteiger partial charge on any atom is 0.401 e. The van der Waals surface area contributed by atoms with Crippen molar-refractivity contribution in [2.75, 3.05) is 19.6 Å². The summed E-state index contributed by atoms with van der Waals surface area (Å²) in [5.74, 6) is -0.885. The lowest BCUT2D eigenvalue weighted by molar-refractivity contribution is -0.145. The molecule has 0 spiro atoms. The molecule has 20 heavy (non-hydrogen) atoms. The van der Waals surface area contributed by atoms with E-state index >= 15 is 0 Å². The van der Waals surface area contributed by atoms with Crippen LogP contribution in [0.15, 0.2) is 24.3 Å². The van der Waals surface area contributed by atoms with Crippen molar-refractivity contribution >= 4 is 5.78 Å². The van der Waals surface area contributed by atoms with Crippen LogP contribution < -0.4 is 0 Å². The highest BCUT2D eigenvalue weighted by Crippen LogP contribution is 2.17. The van der Waals surface area contributed by atoms with E-state index < -0.39 is 18.5 Å². The van der Waals surface area contributed by atoms with Gasteiger partial charge in [-0.05, 0) is 25.1 Å². The van der Waals surface area contributed by atoms with Gasteiger partial charge in [-0.1, -0.05) is 19.1 Å². The van der Waals surface area contributed by atoms with Crippen molar-refractivity contribution in [1.29, 1.82) is 0 Å². The molecule has 0 fully saturated rings. The molecule has 1 aromatic rings. The molecule has 6 heteroatoms. The Morgan fingerprint density at radius 3 is 2.50 bits per heavy atom. The van der Waals surface area contributed by atoms with Crippen molar-refractivity contribution in [3.8, 4) is 0 Å². The van der Waals surface area contributed by atoms with E-state index in [4.69, 9.17) is 0 Å². The topological polar surface area (TPSA) is 20.3 Å². The number of carbonyl (C=O) groups excluding carboxylic acids is 1. The lowest BCUT2D eigenvalue weighted by atomic mass is 10.1. The predicted octanol–water partition coefficient (Wildman–Crippen LogP) is 3.67.